The molecule has 1 aliphatic heterocycles. The van der Waals surface area contributed by atoms with Crippen LogP contribution in [0.15, 0.2) is 164 Å². The van der Waals surface area contributed by atoms with Crippen LogP contribution in [0.4, 0.5) is 11.4 Å². The second-order valence-corrected chi connectivity index (χ2v) is 23.6. The summed E-state index contributed by atoms with van der Waals surface area (Å²) in [5, 5.41) is 2.43. The molecule has 0 aliphatic carbocycles. The van der Waals surface area contributed by atoms with Crippen LogP contribution in [0.5, 0.6) is 11.5 Å². The van der Waals surface area contributed by atoms with Gasteiger partial charge in [-0.1, -0.05) is 182 Å². The van der Waals surface area contributed by atoms with E-state index in [1.54, 1.807) is 0 Å². The summed E-state index contributed by atoms with van der Waals surface area (Å²) < 4.78 is 9.61. The number of rotatable bonds is 8. The first-order valence-corrected chi connectivity index (χ1v) is 24.4. The topological polar surface area (TPSA) is 33.5 Å². The van der Waals surface area contributed by atoms with Crippen LogP contribution in [-0.2, 0) is 27.1 Å². The number of allylic oxidation sites excluding steroid dienone is 1. The summed E-state index contributed by atoms with van der Waals surface area (Å²) in [5.41, 5.74) is 13.7. The lowest BCUT2D eigenvalue weighted by molar-refractivity contribution is 0.480. The van der Waals surface area contributed by atoms with Gasteiger partial charge in [0.15, 0.2) is 0 Å². The molecule has 3 heterocycles. The Hall–Kier alpha value is -6.59. The SMILES string of the molecule is CC(C)(C)c1cc(N2C=C(C(C)(C)c3ccccc3)N(c3cc(Oc4cc(C(C)(C)C)c5c6ccccc6n(-c6cc(C(C)(C)C)ccn6)c5c4)cc(-c4ccccc4)c3)C2)cc(C(C)(C)C)c1. The maximum absolute atomic E-state index is 7.28. The van der Waals surface area contributed by atoms with E-state index in [9.17, 15) is 0 Å². The van der Waals surface area contributed by atoms with Crippen molar-refractivity contribution in [2.75, 3.05) is 16.5 Å². The van der Waals surface area contributed by atoms with Crippen LogP contribution in [-0.4, -0.2) is 16.2 Å². The van der Waals surface area contributed by atoms with Crippen LogP contribution in [0.25, 0.3) is 38.8 Å². The van der Waals surface area contributed by atoms with Crippen molar-refractivity contribution in [3.63, 3.8) is 0 Å². The first kappa shape index (κ1) is 46.5. The Labute approximate surface area is 406 Å². The molecule has 6 aromatic carbocycles. The molecule has 1 aliphatic rings. The summed E-state index contributed by atoms with van der Waals surface area (Å²) in [6.45, 7) is 32.9. The van der Waals surface area contributed by atoms with E-state index in [-0.39, 0.29) is 27.1 Å². The smallest absolute Gasteiger partial charge is 0.137 e. The van der Waals surface area contributed by atoms with E-state index in [0.29, 0.717) is 6.67 Å². The number of ether oxygens (including phenoxy) is 1. The number of anilines is 2. The Bertz CT molecular complexity index is 3150. The molecule has 0 saturated heterocycles. The van der Waals surface area contributed by atoms with Gasteiger partial charge in [-0.25, -0.2) is 4.98 Å². The van der Waals surface area contributed by atoms with E-state index in [1.807, 2.05) is 6.20 Å². The molecule has 0 bridgehead atoms. The van der Waals surface area contributed by atoms with Gasteiger partial charge in [0.25, 0.3) is 0 Å². The number of aromatic nitrogens is 2. The Morgan fingerprint density at radius 3 is 1.71 bits per heavy atom. The number of fused-ring (bicyclic) bond motifs is 3. The second kappa shape index (κ2) is 16.9. The lowest BCUT2D eigenvalue weighted by Gasteiger charge is -2.34. The zero-order chi connectivity index (χ0) is 48.6. The number of hydrogen-bond acceptors (Lipinski definition) is 4. The normalized spacial score (nSPS) is 14.0. The fraction of sp³-hybridized carbons (Fsp3) is 0.317. The lowest BCUT2D eigenvalue weighted by Crippen LogP contribution is -2.34. The van der Waals surface area contributed by atoms with Crippen molar-refractivity contribution in [1.29, 1.82) is 0 Å². The standard InChI is InChI=1S/C63H70N4O/c1-59(2,3)45-29-30-64-57(36-45)67-54-28-22-21-27-52(54)58-53(62(10,11)12)38-51(39-55(58)67)68-50-32-43(42-23-17-15-18-24-42)31-49(37-50)66-41-65(40-56(66)63(13,14)44-25-19-16-20-26-44)48-34-46(60(4,5)6)33-47(35-48)61(7,8)9/h15-40H,41H2,1-14H3. The Morgan fingerprint density at radius 2 is 1.07 bits per heavy atom. The molecule has 0 fully saturated rings. The van der Waals surface area contributed by atoms with Gasteiger partial charge < -0.3 is 14.5 Å². The first-order chi connectivity index (χ1) is 32.0. The fourth-order valence-electron chi connectivity index (χ4n) is 9.71. The lowest BCUT2D eigenvalue weighted by atomic mass is 9.80. The zero-order valence-corrected chi connectivity index (χ0v) is 42.9. The van der Waals surface area contributed by atoms with Gasteiger partial charge in [-0.05, 0) is 109 Å². The third kappa shape index (κ3) is 8.96. The van der Waals surface area contributed by atoms with Crippen LogP contribution in [0.3, 0.4) is 0 Å². The maximum atomic E-state index is 7.28. The summed E-state index contributed by atoms with van der Waals surface area (Å²) in [5.74, 6) is 2.46. The Morgan fingerprint density at radius 1 is 0.471 bits per heavy atom. The van der Waals surface area contributed by atoms with Gasteiger partial charge in [-0.2, -0.15) is 0 Å². The van der Waals surface area contributed by atoms with Gasteiger partial charge in [0.2, 0.25) is 0 Å². The molecule has 8 aromatic rings. The molecule has 0 N–H and O–H groups in total. The summed E-state index contributed by atoms with van der Waals surface area (Å²) >= 11 is 0. The van der Waals surface area contributed by atoms with Crippen molar-refractivity contribution >= 4 is 33.2 Å². The molecule has 68 heavy (non-hydrogen) atoms. The molecule has 0 unspecified atom stereocenters. The number of para-hydroxylation sites is 1. The quantitative estimate of drug-likeness (QED) is 0.152. The Balaban J connectivity index is 1.23. The van der Waals surface area contributed by atoms with Crippen LogP contribution in [0.2, 0.25) is 0 Å². The van der Waals surface area contributed by atoms with E-state index in [4.69, 9.17) is 9.72 Å². The van der Waals surface area contributed by atoms with Gasteiger partial charge in [0.05, 0.1) is 17.7 Å². The highest BCUT2D eigenvalue weighted by Gasteiger charge is 2.37. The van der Waals surface area contributed by atoms with Crippen LogP contribution < -0.4 is 14.5 Å². The Kier molecular flexibility index (Phi) is 11.5. The summed E-state index contributed by atoms with van der Waals surface area (Å²) in [6, 6.07) is 53.2. The summed E-state index contributed by atoms with van der Waals surface area (Å²) in [7, 11) is 0. The molecule has 0 atom stereocenters. The molecular weight excluding hydrogens is 829 g/mol. The van der Waals surface area contributed by atoms with Crippen LogP contribution in [0.1, 0.15) is 125 Å². The van der Waals surface area contributed by atoms with Crippen molar-refractivity contribution in [2.45, 2.75) is 124 Å². The highest BCUT2D eigenvalue weighted by molar-refractivity contribution is 6.11. The molecule has 0 amide bonds. The second-order valence-electron chi connectivity index (χ2n) is 23.6. The molecular formula is C63H70N4O. The van der Waals surface area contributed by atoms with Crippen molar-refractivity contribution in [1.82, 2.24) is 9.55 Å². The third-order valence-electron chi connectivity index (χ3n) is 13.9. The molecule has 9 rings (SSSR count). The summed E-state index contributed by atoms with van der Waals surface area (Å²) in [4.78, 5) is 9.97. The van der Waals surface area contributed by atoms with Gasteiger partial charge in [-0.15, -0.1) is 0 Å². The highest BCUT2D eigenvalue weighted by atomic mass is 16.5. The zero-order valence-electron chi connectivity index (χ0n) is 42.9. The molecule has 0 radical (unpaired) electrons. The molecule has 0 saturated carbocycles. The minimum absolute atomic E-state index is 0.0151. The van der Waals surface area contributed by atoms with E-state index in [1.165, 1.54) is 50.0 Å². The van der Waals surface area contributed by atoms with Gasteiger partial charge >= 0.3 is 0 Å². The van der Waals surface area contributed by atoms with Gasteiger partial charge in [-0.3, -0.25) is 4.57 Å². The number of pyridine rings is 1. The minimum Gasteiger partial charge on any atom is -0.457 e. The molecule has 5 nitrogen and oxygen atoms in total. The van der Waals surface area contributed by atoms with Crippen molar-refractivity contribution < 1.29 is 4.74 Å². The monoisotopic (exact) mass is 899 g/mol. The van der Waals surface area contributed by atoms with Gasteiger partial charge in [0.1, 0.15) is 17.3 Å². The largest absolute Gasteiger partial charge is 0.457 e. The van der Waals surface area contributed by atoms with Gasteiger partial charge in [0, 0.05) is 57.8 Å². The average molecular weight is 899 g/mol. The molecule has 2 aromatic heterocycles. The number of benzene rings is 6. The maximum Gasteiger partial charge on any atom is 0.137 e. The van der Waals surface area contributed by atoms with Crippen molar-refractivity contribution in [2.24, 2.45) is 0 Å². The van der Waals surface area contributed by atoms with E-state index in [0.717, 1.165) is 45.2 Å². The van der Waals surface area contributed by atoms with E-state index >= 15 is 0 Å². The van der Waals surface area contributed by atoms with E-state index < -0.39 is 0 Å². The third-order valence-corrected chi connectivity index (χ3v) is 13.9. The predicted octanol–water partition coefficient (Wildman–Crippen LogP) is 16.9. The van der Waals surface area contributed by atoms with E-state index in [2.05, 4.69) is 263 Å². The fourth-order valence-corrected chi connectivity index (χ4v) is 9.71. The highest BCUT2D eigenvalue weighted by Crippen LogP contribution is 2.46. The van der Waals surface area contributed by atoms with Crippen LogP contribution >= 0.6 is 0 Å². The molecule has 5 heteroatoms. The summed E-state index contributed by atoms with van der Waals surface area (Å²) in [6.07, 6.45) is 4.34. The minimum atomic E-state index is -0.341. The molecule has 348 valence electrons. The number of hydrogen-bond donors (Lipinski definition) is 0. The van der Waals surface area contributed by atoms with Crippen molar-refractivity contribution in [3.8, 4) is 28.4 Å². The molecule has 0 spiro atoms. The average Bonchev–Trinajstić information content (AvgIpc) is 3.89. The first-order valence-electron chi connectivity index (χ1n) is 24.4. The van der Waals surface area contributed by atoms with Crippen LogP contribution in [0, 0.1) is 0 Å². The predicted molar refractivity (Wildman–Crippen MR) is 289 cm³/mol. The number of nitrogens with zero attached hydrogens (tertiary/aromatic N) is 4. The van der Waals surface area contributed by atoms with Crippen molar-refractivity contribution in [3.05, 3.63) is 192 Å².